The number of aromatic nitrogens is 3. The van der Waals surface area contributed by atoms with Crippen molar-refractivity contribution >= 4 is 22.7 Å². The summed E-state index contributed by atoms with van der Waals surface area (Å²) in [7, 11) is 0. The van der Waals surface area contributed by atoms with Gasteiger partial charge in [0.2, 0.25) is 0 Å². The summed E-state index contributed by atoms with van der Waals surface area (Å²) in [4.78, 5) is 21.9. The average Bonchev–Trinajstić information content (AvgIpc) is 2.99. The lowest BCUT2D eigenvalue weighted by molar-refractivity contribution is -0.137. The van der Waals surface area contributed by atoms with Crippen LogP contribution in [0.15, 0.2) is 24.5 Å². The lowest BCUT2D eigenvalue weighted by Crippen LogP contribution is -2.36. The number of H-pyrrole nitrogens is 1. The zero-order valence-electron chi connectivity index (χ0n) is 15.5. The van der Waals surface area contributed by atoms with Crippen molar-refractivity contribution in [2.75, 3.05) is 5.32 Å². The molecule has 0 unspecified atom stereocenters. The standard InChI is InChI=1S/C19H19F3N4O2/c1-19(2,3)14(6-15(27)28)25-18-13(22)8-24-17(26-18)11-7-23-16-10(11)4-9(20)5-12(16)21/h4-5,7-8,14,23H,6H2,1-3H3,(H,27,28)(H,24,25,26)/t14-/m0/s1. The van der Waals surface area contributed by atoms with Crippen LogP contribution in [0.1, 0.15) is 27.2 Å². The summed E-state index contributed by atoms with van der Waals surface area (Å²) in [5.74, 6) is -3.47. The van der Waals surface area contributed by atoms with Gasteiger partial charge in [0.05, 0.1) is 18.1 Å². The fraction of sp³-hybridized carbons (Fsp3) is 0.316. The third-order valence-electron chi connectivity index (χ3n) is 4.43. The van der Waals surface area contributed by atoms with Crippen molar-refractivity contribution < 1.29 is 23.1 Å². The molecule has 0 bridgehead atoms. The number of fused-ring (bicyclic) bond motifs is 1. The SMILES string of the molecule is CC(C)(C)[C@H](CC(=O)O)Nc1nc(-c2c[nH]c3c(F)cc(F)cc23)ncc1F. The van der Waals surface area contributed by atoms with Crippen molar-refractivity contribution in [3.8, 4) is 11.4 Å². The third-order valence-corrected chi connectivity index (χ3v) is 4.43. The summed E-state index contributed by atoms with van der Waals surface area (Å²) in [6.45, 7) is 5.45. The maximum Gasteiger partial charge on any atom is 0.305 e. The molecule has 0 fully saturated rings. The van der Waals surface area contributed by atoms with Crippen LogP contribution in [0.4, 0.5) is 19.0 Å². The van der Waals surface area contributed by atoms with Crippen molar-refractivity contribution in [1.29, 1.82) is 0 Å². The Morgan fingerprint density at radius 2 is 1.96 bits per heavy atom. The average molecular weight is 392 g/mol. The third kappa shape index (κ3) is 3.92. The molecule has 28 heavy (non-hydrogen) atoms. The summed E-state index contributed by atoms with van der Waals surface area (Å²) in [6.07, 6.45) is 2.09. The molecule has 0 aliphatic rings. The van der Waals surface area contributed by atoms with Gasteiger partial charge in [-0.25, -0.2) is 23.1 Å². The molecule has 0 amide bonds. The first-order valence-corrected chi connectivity index (χ1v) is 8.53. The second-order valence-electron chi connectivity index (χ2n) is 7.56. The van der Waals surface area contributed by atoms with Gasteiger partial charge in [0, 0.05) is 29.3 Å². The molecule has 6 nitrogen and oxygen atoms in total. The van der Waals surface area contributed by atoms with E-state index in [1.807, 2.05) is 20.8 Å². The Morgan fingerprint density at radius 3 is 2.61 bits per heavy atom. The molecule has 3 aromatic rings. The van der Waals surface area contributed by atoms with Crippen molar-refractivity contribution in [3.05, 3.63) is 42.0 Å². The normalized spacial score (nSPS) is 12.9. The fourth-order valence-corrected chi connectivity index (χ4v) is 2.85. The van der Waals surface area contributed by atoms with Gasteiger partial charge < -0.3 is 15.4 Å². The van der Waals surface area contributed by atoms with Crippen LogP contribution in [0.2, 0.25) is 0 Å². The van der Waals surface area contributed by atoms with Crippen LogP contribution in [0.3, 0.4) is 0 Å². The van der Waals surface area contributed by atoms with Crippen LogP contribution in [0.5, 0.6) is 0 Å². The Bertz CT molecular complexity index is 1040. The number of carbonyl (C=O) groups is 1. The quantitative estimate of drug-likeness (QED) is 0.601. The van der Waals surface area contributed by atoms with E-state index < -0.39 is 34.9 Å². The summed E-state index contributed by atoms with van der Waals surface area (Å²) >= 11 is 0. The second-order valence-corrected chi connectivity index (χ2v) is 7.56. The number of anilines is 1. The van der Waals surface area contributed by atoms with E-state index in [0.717, 1.165) is 18.3 Å². The lowest BCUT2D eigenvalue weighted by Gasteiger charge is -2.30. The molecule has 9 heteroatoms. The molecule has 0 aliphatic heterocycles. The highest BCUT2D eigenvalue weighted by atomic mass is 19.1. The number of halogens is 3. The molecule has 0 spiro atoms. The molecule has 148 valence electrons. The summed E-state index contributed by atoms with van der Waals surface area (Å²) in [5.41, 5.74) is -0.123. The number of nitrogens with one attached hydrogen (secondary N) is 2. The number of aromatic amines is 1. The molecule has 0 radical (unpaired) electrons. The number of hydrogen-bond donors (Lipinski definition) is 3. The first-order valence-electron chi connectivity index (χ1n) is 8.53. The highest BCUT2D eigenvalue weighted by Crippen LogP contribution is 2.31. The van der Waals surface area contributed by atoms with Crippen molar-refractivity contribution in [2.45, 2.75) is 33.2 Å². The van der Waals surface area contributed by atoms with Gasteiger partial charge in [-0.2, -0.15) is 0 Å². The Kier molecular flexibility index (Phi) is 5.01. The molecule has 3 N–H and O–H groups in total. The van der Waals surface area contributed by atoms with Crippen LogP contribution in [0.25, 0.3) is 22.3 Å². The zero-order chi connectivity index (χ0) is 20.6. The first kappa shape index (κ1) is 19.7. The second kappa shape index (κ2) is 7.14. The Morgan fingerprint density at radius 1 is 1.25 bits per heavy atom. The highest BCUT2D eigenvalue weighted by molar-refractivity contribution is 5.94. The minimum atomic E-state index is -1.04. The van der Waals surface area contributed by atoms with E-state index in [1.54, 1.807) is 0 Å². The minimum Gasteiger partial charge on any atom is -0.481 e. The molecule has 0 saturated heterocycles. The molecule has 2 aromatic heterocycles. The van der Waals surface area contributed by atoms with Gasteiger partial charge in [-0.05, 0) is 11.5 Å². The Hall–Kier alpha value is -3.10. The smallest absolute Gasteiger partial charge is 0.305 e. The first-order chi connectivity index (χ1) is 13.1. The highest BCUT2D eigenvalue weighted by Gasteiger charge is 2.28. The molecule has 1 aromatic carbocycles. The monoisotopic (exact) mass is 392 g/mol. The molecule has 2 heterocycles. The van der Waals surface area contributed by atoms with Gasteiger partial charge in [-0.1, -0.05) is 20.8 Å². The number of rotatable bonds is 5. The number of nitrogens with zero attached hydrogens (tertiary/aromatic N) is 2. The molecule has 3 rings (SSSR count). The van der Waals surface area contributed by atoms with Crippen molar-refractivity contribution in [1.82, 2.24) is 15.0 Å². The predicted molar refractivity (Wildman–Crippen MR) is 98.3 cm³/mol. The number of carboxylic acid groups (broad SMARTS) is 1. The predicted octanol–water partition coefficient (Wildman–Crippen LogP) is 4.34. The van der Waals surface area contributed by atoms with E-state index >= 15 is 0 Å². The van der Waals surface area contributed by atoms with E-state index in [4.69, 9.17) is 5.11 Å². The van der Waals surface area contributed by atoms with Gasteiger partial charge in [0.25, 0.3) is 0 Å². The molecule has 0 aliphatic carbocycles. The van der Waals surface area contributed by atoms with Crippen molar-refractivity contribution in [2.24, 2.45) is 5.41 Å². The number of benzene rings is 1. The van der Waals surface area contributed by atoms with E-state index in [1.165, 1.54) is 6.20 Å². The fourth-order valence-electron chi connectivity index (χ4n) is 2.85. The van der Waals surface area contributed by atoms with E-state index in [9.17, 15) is 18.0 Å². The lowest BCUT2D eigenvalue weighted by atomic mass is 9.85. The molecule has 0 saturated carbocycles. The van der Waals surface area contributed by atoms with Crippen LogP contribution in [-0.4, -0.2) is 32.1 Å². The summed E-state index contributed by atoms with van der Waals surface area (Å²) in [6, 6.07) is 1.27. The van der Waals surface area contributed by atoms with Gasteiger partial charge in [0.15, 0.2) is 17.5 Å². The number of carboxylic acids is 1. The molecular formula is C19H19F3N4O2. The zero-order valence-corrected chi connectivity index (χ0v) is 15.5. The number of hydrogen-bond acceptors (Lipinski definition) is 4. The van der Waals surface area contributed by atoms with E-state index in [-0.39, 0.29) is 29.0 Å². The Labute approximate surface area is 158 Å². The number of aliphatic carboxylic acids is 1. The van der Waals surface area contributed by atoms with Gasteiger partial charge in [-0.3, -0.25) is 4.79 Å². The molecular weight excluding hydrogens is 373 g/mol. The topological polar surface area (TPSA) is 90.9 Å². The van der Waals surface area contributed by atoms with Crippen LogP contribution < -0.4 is 5.32 Å². The maximum absolute atomic E-state index is 14.3. The van der Waals surface area contributed by atoms with Gasteiger partial charge in [0.1, 0.15) is 11.6 Å². The minimum absolute atomic E-state index is 0.0446. The van der Waals surface area contributed by atoms with Crippen LogP contribution >= 0.6 is 0 Å². The summed E-state index contributed by atoms with van der Waals surface area (Å²) < 4.78 is 41.8. The van der Waals surface area contributed by atoms with E-state index in [2.05, 4.69) is 20.3 Å². The Balaban J connectivity index is 2.04. The summed E-state index contributed by atoms with van der Waals surface area (Å²) in [5, 5.41) is 12.2. The molecule has 1 atom stereocenters. The van der Waals surface area contributed by atoms with Crippen LogP contribution in [0, 0.1) is 22.9 Å². The maximum atomic E-state index is 14.3. The van der Waals surface area contributed by atoms with Gasteiger partial charge >= 0.3 is 5.97 Å². The largest absolute Gasteiger partial charge is 0.481 e. The van der Waals surface area contributed by atoms with E-state index in [0.29, 0.717) is 5.56 Å². The van der Waals surface area contributed by atoms with Crippen LogP contribution in [-0.2, 0) is 4.79 Å². The van der Waals surface area contributed by atoms with Crippen molar-refractivity contribution in [3.63, 3.8) is 0 Å². The van der Waals surface area contributed by atoms with Gasteiger partial charge in [-0.15, -0.1) is 0 Å².